The molecule has 0 bridgehead atoms. The van der Waals surface area contributed by atoms with Gasteiger partial charge in [-0.15, -0.1) is 10.2 Å². The number of rotatable bonds is 5. The molecular weight excluding hydrogens is 290 g/mol. The van der Waals surface area contributed by atoms with Gasteiger partial charge in [0.2, 0.25) is 5.91 Å². The Kier molecular flexibility index (Phi) is 4.69. The molecule has 0 fully saturated rings. The number of ether oxygens (including phenoxy) is 1. The fraction of sp³-hybridized carbons (Fsp3) is 0.308. The fourth-order valence-electron chi connectivity index (χ4n) is 1.64. The Hall–Kier alpha value is -2.22. The summed E-state index contributed by atoms with van der Waals surface area (Å²) in [5, 5.41) is 11.4. The smallest absolute Gasteiger partial charge is 0.234 e. The SMILES string of the molecule is COc1cc(N)ccc1NC(=O)CSc1nnc(C)n1C. The first kappa shape index (κ1) is 15.2. The number of carbonyl (C=O) groups is 1. The van der Waals surface area contributed by atoms with Crippen LogP contribution in [0.1, 0.15) is 5.82 Å². The molecule has 112 valence electrons. The largest absolute Gasteiger partial charge is 0.494 e. The molecule has 0 unspecified atom stereocenters. The number of aromatic nitrogens is 3. The summed E-state index contributed by atoms with van der Waals surface area (Å²) in [5.74, 6) is 1.42. The second kappa shape index (κ2) is 6.49. The predicted molar refractivity (Wildman–Crippen MR) is 82.5 cm³/mol. The number of amides is 1. The van der Waals surface area contributed by atoms with Gasteiger partial charge in [-0.2, -0.15) is 0 Å². The molecule has 1 aromatic heterocycles. The van der Waals surface area contributed by atoms with Crippen molar-refractivity contribution in [2.75, 3.05) is 23.9 Å². The highest BCUT2D eigenvalue weighted by molar-refractivity contribution is 7.99. The van der Waals surface area contributed by atoms with Gasteiger partial charge >= 0.3 is 0 Å². The molecule has 0 saturated heterocycles. The summed E-state index contributed by atoms with van der Waals surface area (Å²) in [6.45, 7) is 1.86. The summed E-state index contributed by atoms with van der Waals surface area (Å²) >= 11 is 1.32. The topological polar surface area (TPSA) is 95.1 Å². The van der Waals surface area contributed by atoms with Crippen LogP contribution in [0.5, 0.6) is 5.75 Å². The molecule has 1 heterocycles. The maximum absolute atomic E-state index is 12.0. The first-order valence-corrected chi connectivity index (χ1v) is 7.22. The lowest BCUT2D eigenvalue weighted by molar-refractivity contribution is -0.113. The van der Waals surface area contributed by atoms with Crippen LogP contribution < -0.4 is 15.8 Å². The number of anilines is 2. The van der Waals surface area contributed by atoms with Crippen LogP contribution in [-0.4, -0.2) is 33.5 Å². The number of nitrogens with zero attached hydrogens (tertiary/aromatic N) is 3. The maximum Gasteiger partial charge on any atom is 0.234 e. The maximum atomic E-state index is 12.0. The minimum absolute atomic E-state index is 0.149. The second-order valence-electron chi connectivity index (χ2n) is 4.39. The average molecular weight is 307 g/mol. The van der Waals surface area contributed by atoms with E-state index in [1.54, 1.807) is 18.2 Å². The van der Waals surface area contributed by atoms with Crippen LogP contribution in [0, 0.1) is 6.92 Å². The molecule has 1 amide bonds. The Balaban J connectivity index is 1.97. The van der Waals surface area contributed by atoms with Crippen LogP contribution in [0.25, 0.3) is 0 Å². The lowest BCUT2D eigenvalue weighted by atomic mass is 10.2. The van der Waals surface area contributed by atoms with Gasteiger partial charge in [-0.1, -0.05) is 11.8 Å². The molecular formula is C13H17N5O2S. The van der Waals surface area contributed by atoms with Crippen molar-refractivity contribution in [2.24, 2.45) is 7.05 Å². The summed E-state index contributed by atoms with van der Waals surface area (Å²) in [6.07, 6.45) is 0. The van der Waals surface area contributed by atoms with Crippen molar-refractivity contribution >= 4 is 29.0 Å². The highest BCUT2D eigenvalue weighted by Gasteiger charge is 2.11. The standard InChI is InChI=1S/C13H17N5O2S/c1-8-16-17-13(18(8)2)21-7-12(19)15-10-5-4-9(14)6-11(10)20-3/h4-6H,7,14H2,1-3H3,(H,15,19). The molecule has 7 nitrogen and oxygen atoms in total. The summed E-state index contributed by atoms with van der Waals surface area (Å²) in [4.78, 5) is 12.0. The number of nitrogens with two attached hydrogens (primary N) is 1. The van der Waals surface area contributed by atoms with Gasteiger partial charge in [0.25, 0.3) is 0 Å². The number of methoxy groups -OCH3 is 1. The molecule has 2 aromatic rings. The van der Waals surface area contributed by atoms with Gasteiger partial charge in [0, 0.05) is 18.8 Å². The van der Waals surface area contributed by atoms with Gasteiger partial charge in [0.1, 0.15) is 11.6 Å². The molecule has 0 aliphatic rings. The van der Waals surface area contributed by atoms with Gasteiger partial charge in [-0.25, -0.2) is 0 Å². The number of aryl methyl sites for hydroxylation is 1. The fourth-order valence-corrected chi connectivity index (χ4v) is 2.40. The van der Waals surface area contributed by atoms with Gasteiger partial charge < -0.3 is 20.4 Å². The number of carbonyl (C=O) groups excluding carboxylic acids is 1. The third kappa shape index (κ3) is 3.66. The number of nitrogen functional groups attached to an aromatic ring is 1. The minimum Gasteiger partial charge on any atom is -0.494 e. The normalized spacial score (nSPS) is 10.4. The predicted octanol–water partition coefficient (Wildman–Crippen LogP) is 1.45. The van der Waals surface area contributed by atoms with Gasteiger partial charge in [-0.3, -0.25) is 4.79 Å². The van der Waals surface area contributed by atoms with Crippen molar-refractivity contribution < 1.29 is 9.53 Å². The third-order valence-corrected chi connectivity index (χ3v) is 3.90. The van der Waals surface area contributed by atoms with Crippen LogP contribution in [-0.2, 0) is 11.8 Å². The molecule has 2 rings (SSSR count). The minimum atomic E-state index is -0.149. The highest BCUT2D eigenvalue weighted by Crippen LogP contribution is 2.27. The molecule has 0 saturated carbocycles. The molecule has 8 heteroatoms. The van der Waals surface area contributed by atoms with Crippen molar-refractivity contribution in [2.45, 2.75) is 12.1 Å². The van der Waals surface area contributed by atoms with Crippen molar-refractivity contribution in [3.05, 3.63) is 24.0 Å². The molecule has 0 atom stereocenters. The molecule has 0 spiro atoms. The van der Waals surface area contributed by atoms with E-state index in [2.05, 4.69) is 15.5 Å². The Labute approximate surface area is 126 Å². The van der Waals surface area contributed by atoms with Gasteiger partial charge in [0.05, 0.1) is 18.6 Å². The average Bonchev–Trinajstić information content (AvgIpc) is 2.78. The summed E-state index contributed by atoms with van der Waals surface area (Å²) in [5.41, 5.74) is 6.84. The molecule has 0 aliphatic carbocycles. The van der Waals surface area contributed by atoms with E-state index in [9.17, 15) is 4.79 Å². The van der Waals surface area contributed by atoms with Crippen LogP contribution in [0.2, 0.25) is 0 Å². The van der Waals surface area contributed by atoms with E-state index >= 15 is 0 Å². The van der Waals surface area contributed by atoms with Crippen LogP contribution in [0.15, 0.2) is 23.4 Å². The summed E-state index contributed by atoms with van der Waals surface area (Å²) < 4.78 is 7.02. The first-order valence-electron chi connectivity index (χ1n) is 6.23. The zero-order chi connectivity index (χ0) is 15.4. The van der Waals surface area contributed by atoms with Gasteiger partial charge in [-0.05, 0) is 19.1 Å². The lowest BCUT2D eigenvalue weighted by Crippen LogP contribution is -2.15. The van der Waals surface area contributed by atoms with Crippen molar-refractivity contribution in [1.82, 2.24) is 14.8 Å². The van der Waals surface area contributed by atoms with E-state index < -0.39 is 0 Å². The molecule has 0 radical (unpaired) electrons. The van der Waals surface area contributed by atoms with E-state index in [-0.39, 0.29) is 11.7 Å². The zero-order valence-corrected chi connectivity index (χ0v) is 12.9. The van der Waals surface area contributed by atoms with E-state index in [1.165, 1.54) is 18.9 Å². The Morgan fingerprint density at radius 3 is 2.86 bits per heavy atom. The van der Waals surface area contributed by atoms with E-state index in [0.717, 1.165) is 5.82 Å². The highest BCUT2D eigenvalue weighted by atomic mass is 32.2. The molecule has 0 aliphatic heterocycles. The van der Waals surface area contributed by atoms with E-state index in [4.69, 9.17) is 10.5 Å². The van der Waals surface area contributed by atoms with Crippen molar-refractivity contribution in [3.63, 3.8) is 0 Å². The van der Waals surface area contributed by atoms with Gasteiger partial charge in [0.15, 0.2) is 5.16 Å². The number of hydrogen-bond donors (Lipinski definition) is 2. The number of hydrogen-bond acceptors (Lipinski definition) is 6. The quantitative estimate of drug-likeness (QED) is 0.641. The Morgan fingerprint density at radius 2 is 2.24 bits per heavy atom. The molecule has 21 heavy (non-hydrogen) atoms. The van der Waals surface area contributed by atoms with Crippen LogP contribution >= 0.6 is 11.8 Å². The van der Waals surface area contributed by atoms with E-state index in [0.29, 0.717) is 22.3 Å². The summed E-state index contributed by atoms with van der Waals surface area (Å²) in [7, 11) is 3.39. The molecule has 3 N–H and O–H groups in total. The Bertz CT molecular complexity index is 656. The Morgan fingerprint density at radius 1 is 1.48 bits per heavy atom. The first-order chi connectivity index (χ1) is 10.0. The number of thioether (sulfide) groups is 1. The second-order valence-corrected chi connectivity index (χ2v) is 5.33. The van der Waals surface area contributed by atoms with Crippen LogP contribution in [0.3, 0.4) is 0 Å². The molecule has 1 aromatic carbocycles. The van der Waals surface area contributed by atoms with Crippen molar-refractivity contribution in [1.29, 1.82) is 0 Å². The van der Waals surface area contributed by atoms with Crippen molar-refractivity contribution in [3.8, 4) is 5.75 Å². The lowest BCUT2D eigenvalue weighted by Gasteiger charge is -2.10. The number of nitrogens with one attached hydrogen (secondary N) is 1. The van der Waals surface area contributed by atoms with Crippen LogP contribution in [0.4, 0.5) is 11.4 Å². The number of benzene rings is 1. The van der Waals surface area contributed by atoms with E-state index in [1.807, 2.05) is 18.5 Å². The third-order valence-electron chi connectivity index (χ3n) is 2.88. The monoisotopic (exact) mass is 307 g/mol. The zero-order valence-electron chi connectivity index (χ0n) is 12.1. The summed E-state index contributed by atoms with van der Waals surface area (Å²) in [6, 6.07) is 5.08.